The summed E-state index contributed by atoms with van der Waals surface area (Å²) in [7, 11) is 2.94. The van der Waals surface area contributed by atoms with Gasteiger partial charge in [-0.1, -0.05) is 0 Å². The molecule has 1 aliphatic rings. The van der Waals surface area contributed by atoms with E-state index in [0.717, 1.165) is 39.2 Å². The number of H-pyrrole nitrogens is 1. The fraction of sp³-hybridized carbons (Fsp3) is 0.222. The molecular formula is C18H18N3O4+. The van der Waals surface area contributed by atoms with E-state index in [-0.39, 0.29) is 0 Å². The van der Waals surface area contributed by atoms with Crippen LogP contribution in [-0.2, 0) is 11.3 Å². The maximum Gasteiger partial charge on any atom is 0.317 e. The number of methoxy groups -OCH3 is 1. The van der Waals surface area contributed by atoms with Crippen LogP contribution in [0, 0.1) is 4.91 Å². The first-order chi connectivity index (χ1) is 12.1. The van der Waals surface area contributed by atoms with Crippen molar-refractivity contribution in [2.45, 2.75) is 12.6 Å². The predicted molar refractivity (Wildman–Crippen MR) is 93.9 cm³/mol. The highest BCUT2D eigenvalue weighted by atomic mass is 16.8. The highest BCUT2D eigenvalue weighted by Crippen LogP contribution is 2.40. The van der Waals surface area contributed by atoms with Crippen LogP contribution in [0.4, 0.5) is 11.4 Å². The Morgan fingerprint density at radius 1 is 1.20 bits per heavy atom. The number of aliphatic hydroxyl groups is 1. The maximum atomic E-state index is 11.8. The molecule has 1 unspecified atom stereocenters. The number of nitrogens with one attached hydrogen (secondary N) is 2. The highest BCUT2D eigenvalue weighted by Gasteiger charge is 2.25. The van der Waals surface area contributed by atoms with Gasteiger partial charge < -0.3 is 20.1 Å². The number of nitrogens with zero attached hydrogens (tertiary/aromatic N) is 1. The second-order valence-electron chi connectivity index (χ2n) is 5.92. The molecule has 0 radical (unpaired) electrons. The summed E-state index contributed by atoms with van der Waals surface area (Å²) in [6.45, 7) is 0. The Kier molecular flexibility index (Phi) is 3.58. The number of aliphatic hydroxyl groups excluding tert-OH is 1. The van der Waals surface area contributed by atoms with Gasteiger partial charge in [0, 0.05) is 40.7 Å². The molecule has 0 bridgehead atoms. The fourth-order valence-electron chi connectivity index (χ4n) is 3.30. The molecule has 128 valence electrons. The molecule has 0 fully saturated rings. The largest absolute Gasteiger partial charge is 0.497 e. The summed E-state index contributed by atoms with van der Waals surface area (Å²) in [5.74, 6) is 0.729. The van der Waals surface area contributed by atoms with E-state index in [1.807, 2.05) is 24.3 Å². The first kappa shape index (κ1) is 15.5. The van der Waals surface area contributed by atoms with Crippen LogP contribution >= 0.6 is 0 Å². The van der Waals surface area contributed by atoms with E-state index in [9.17, 15) is 10.0 Å². The lowest BCUT2D eigenvalue weighted by Crippen LogP contribution is -2.20. The van der Waals surface area contributed by atoms with Crippen molar-refractivity contribution in [2.75, 3.05) is 19.5 Å². The van der Waals surface area contributed by atoms with Gasteiger partial charge in [0.25, 0.3) is 4.92 Å². The summed E-state index contributed by atoms with van der Waals surface area (Å²) in [5, 5.41) is 14.3. The first-order valence-electron chi connectivity index (χ1n) is 7.89. The second kappa shape index (κ2) is 5.78. The van der Waals surface area contributed by atoms with Crippen LogP contribution in [0.2, 0.25) is 0 Å². The average molecular weight is 340 g/mol. The summed E-state index contributed by atoms with van der Waals surface area (Å²) in [6, 6.07) is 10.9. The third-order valence-electron chi connectivity index (χ3n) is 4.48. The van der Waals surface area contributed by atoms with Gasteiger partial charge in [-0.05, 0) is 29.8 Å². The normalized spacial score (nSPS) is 15.7. The minimum atomic E-state index is -0.734. The van der Waals surface area contributed by atoms with Crippen LogP contribution in [-0.4, -0.2) is 35.5 Å². The lowest BCUT2D eigenvalue weighted by atomic mass is 10.0. The number of aromatic nitrogens is 1. The molecule has 2 heterocycles. The molecule has 0 saturated heterocycles. The molecule has 4 rings (SSSR count). The van der Waals surface area contributed by atoms with Crippen molar-refractivity contribution in [3.63, 3.8) is 0 Å². The summed E-state index contributed by atoms with van der Waals surface area (Å²) in [4.78, 5) is 20.4. The van der Waals surface area contributed by atoms with Crippen molar-refractivity contribution in [1.29, 1.82) is 0 Å². The van der Waals surface area contributed by atoms with Gasteiger partial charge in [0.1, 0.15) is 12.0 Å². The third-order valence-corrected chi connectivity index (χ3v) is 4.48. The molecule has 0 amide bonds. The summed E-state index contributed by atoms with van der Waals surface area (Å²) < 4.78 is 5.33. The van der Waals surface area contributed by atoms with Gasteiger partial charge >= 0.3 is 5.69 Å². The number of hydrogen-bond donors (Lipinski definition) is 3. The van der Waals surface area contributed by atoms with E-state index in [0.29, 0.717) is 17.0 Å². The van der Waals surface area contributed by atoms with Crippen LogP contribution in [0.1, 0.15) is 5.56 Å². The van der Waals surface area contributed by atoms with E-state index in [4.69, 9.17) is 9.57 Å². The number of hydrogen-bond acceptors (Lipinski definition) is 5. The zero-order valence-electron chi connectivity index (χ0n) is 13.9. The monoisotopic (exact) mass is 340 g/mol. The van der Waals surface area contributed by atoms with Gasteiger partial charge in [-0.25, -0.2) is 4.84 Å². The predicted octanol–water partition coefficient (Wildman–Crippen LogP) is 3.10. The Labute approximate surface area is 143 Å². The van der Waals surface area contributed by atoms with Crippen LogP contribution in [0.25, 0.3) is 22.2 Å². The lowest BCUT2D eigenvalue weighted by molar-refractivity contribution is -0.736. The van der Waals surface area contributed by atoms with Gasteiger partial charge in [0.15, 0.2) is 7.11 Å². The molecule has 0 saturated carbocycles. The molecule has 0 aliphatic carbocycles. The zero-order valence-corrected chi connectivity index (χ0v) is 13.9. The summed E-state index contributed by atoms with van der Waals surface area (Å²) in [5.41, 5.74) is 4.86. The Hall–Kier alpha value is -3.06. The minimum absolute atomic E-state index is 0.398. The van der Waals surface area contributed by atoms with Gasteiger partial charge in [-0.15, -0.1) is 0 Å². The molecule has 25 heavy (non-hydrogen) atoms. The van der Waals surface area contributed by atoms with Crippen LogP contribution in [0.15, 0.2) is 36.4 Å². The van der Waals surface area contributed by atoms with E-state index in [1.165, 1.54) is 7.11 Å². The molecule has 0 spiro atoms. The quantitative estimate of drug-likeness (QED) is 0.638. The van der Waals surface area contributed by atoms with Gasteiger partial charge in [0.05, 0.1) is 17.7 Å². The van der Waals surface area contributed by atoms with Crippen LogP contribution < -0.4 is 10.1 Å². The Morgan fingerprint density at radius 2 is 2.04 bits per heavy atom. The van der Waals surface area contributed by atoms with Crippen LogP contribution in [0.5, 0.6) is 5.75 Å². The standard InChI is InChI=1S/C18H18N3O4/c1-24-11-4-6-16-14(8-11)18-13(9-17(22)19-16)12-7-10(21(23)25-2)3-5-15(12)20-18/h3-8,17,19-20,22H,9H2,1-2H3/q+1. The van der Waals surface area contributed by atoms with Crippen molar-refractivity contribution in [1.82, 2.24) is 4.98 Å². The Bertz CT molecular complexity index is 980. The maximum absolute atomic E-state index is 11.8. The van der Waals surface area contributed by atoms with Crippen molar-refractivity contribution < 1.29 is 19.6 Å². The molecule has 3 N–H and O–H groups in total. The van der Waals surface area contributed by atoms with Crippen LogP contribution in [0.3, 0.4) is 0 Å². The Balaban J connectivity index is 1.97. The highest BCUT2D eigenvalue weighted by molar-refractivity contribution is 5.95. The fourth-order valence-corrected chi connectivity index (χ4v) is 3.30. The molecule has 3 aromatic rings. The van der Waals surface area contributed by atoms with Gasteiger partial charge in [-0.3, -0.25) is 0 Å². The number of benzene rings is 2. The average Bonchev–Trinajstić information content (AvgIpc) is 2.91. The second-order valence-corrected chi connectivity index (χ2v) is 5.92. The number of fused-ring (bicyclic) bond motifs is 5. The van der Waals surface area contributed by atoms with Gasteiger partial charge in [0.2, 0.25) is 0 Å². The summed E-state index contributed by atoms with van der Waals surface area (Å²) in [6.07, 6.45) is -0.330. The molecule has 1 atom stereocenters. The van der Waals surface area contributed by atoms with Crippen molar-refractivity contribution in [3.05, 3.63) is 46.9 Å². The zero-order chi connectivity index (χ0) is 17.6. The molecule has 1 aliphatic heterocycles. The number of rotatable bonds is 3. The molecular weight excluding hydrogens is 322 g/mol. The smallest absolute Gasteiger partial charge is 0.317 e. The first-order valence-corrected chi connectivity index (χ1v) is 7.89. The molecule has 7 nitrogen and oxygen atoms in total. The van der Waals surface area contributed by atoms with Gasteiger partial charge in [-0.2, -0.15) is 0 Å². The van der Waals surface area contributed by atoms with Crippen molar-refractivity contribution >= 4 is 22.3 Å². The lowest BCUT2D eigenvalue weighted by Gasteiger charge is -2.13. The van der Waals surface area contributed by atoms with Crippen molar-refractivity contribution in [3.8, 4) is 17.0 Å². The topological polar surface area (TPSA) is 86.6 Å². The van der Waals surface area contributed by atoms with E-state index in [1.54, 1.807) is 19.2 Å². The van der Waals surface area contributed by atoms with E-state index < -0.39 is 6.23 Å². The molecule has 1 aromatic heterocycles. The summed E-state index contributed by atoms with van der Waals surface area (Å²) >= 11 is 0. The third kappa shape index (κ3) is 2.49. The minimum Gasteiger partial charge on any atom is -0.497 e. The van der Waals surface area contributed by atoms with Crippen molar-refractivity contribution in [2.24, 2.45) is 0 Å². The van der Waals surface area contributed by atoms with E-state index >= 15 is 0 Å². The number of anilines is 1. The number of ether oxygens (including phenoxy) is 1. The molecule has 2 aromatic carbocycles. The molecule has 7 heteroatoms. The van der Waals surface area contributed by atoms with E-state index in [2.05, 4.69) is 10.3 Å². The number of aromatic amines is 1. The Morgan fingerprint density at radius 3 is 2.80 bits per heavy atom. The SMILES string of the molecule is COc1ccc2c(c1)-c1[nH]c3ccc([N+](=O)OC)cc3c1CC(O)N2.